The topological polar surface area (TPSA) is 97.4 Å². The van der Waals surface area contributed by atoms with Gasteiger partial charge >= 0.3 is 0 Å². The fourth-order valence-corrected chi connectivity index (χ4v) is 3.35. The van der Waals surface area contributed by atoms with Gasteiger partial charge in [-0.15, -0.1) is 0 Å². The molecule has 3 aromatic rings. The number of aromatic nitrogens is 3. The summed E-state index contributed by atoms with van der Waals surface area (Å²) in [4.78, 5) is 22.8. The first-order valence-electron chi connectivity index (χ1n) is 8.70. The second-order valence-corrected chi connectivity index (χ2v) is 6.52. The molecule has 2 N–H and O–H groups in total. The monoisotopic (exact) mass is 394 g/mol. The molecule has 1 aliphatic heterocycles. The van der Waals surface area contributed by atoms with Gasteiger partial charge in [0.05, 0.1) is 11.4 Å². The molecule has 0 bridgehead atoms. The molecule has 1 aliphatic rings. The summed E-state index contributed by atoms with van der Waals surface area (Å²) >= 11 is 0. The Morgan fingerprint density at radius 3 is 2.59 bits per heavy atom. The van der Waals surface area contributed by atoms with E-state index >= 15 is 0 Å². The Kier molecular flexibility index (Phi) is 4.50. The van der Waals surface area contributed by atoms with Crippen LogP contribution in [0.25, 0.3) is 11.3 Å². The molecule has 9 heteroatoms. The first-order chi connectivity index (χ1) is 14.0. The van der Waals surface area contributed by atoms with E-state index in [-0.39, 0.29) is 17.2 Å². The first-order valence-corrected chi connectivity index (χ1v) is 8.70. The number of carbonyl (C=O) groups excluding carboxylic acids is 1. The van der Waals surface area contributed by atoms with Gasteiger partial charge in [-0.25, -0.2) is 13.8 Å². The summed E-state index contributed by atoms with van der Waals surface area (Å²) in [5.74, 6) is -0.971. The van der Waals surface area contributed by atoms with E-state index in [1.807, 2.05) is 0 Å². The standard InChI is InChI=1S/C20H16F2N6O/c1-28-18(29)20(26-19(28)23,13-6-8-24-14(9-13)11-21)12-4-5-16(22)15(10-12)17-3-2-7-25-27-17/h2-10H,11H2,1H3,(H2,23,26). The molecule has 0 spiro atoms. The minimum Gasteiger partial charge on any atom is -0.369 e. The van der Waals surface area contributed by atoms with Gasteiger partial charge in [-0.2, -0.15) is 10.2 Å². The minimum absolute atomic E-state index is 0.000937. The number of hydrogen-bond acceptors (Lipinski definition) is 6. The highest BCUT2D eigenvalue weighted by atomic mass is 19.1. The van der Waals surface area contributed by atoms with Crippen LogP contribution in [-0.2, 0) is 17.0 Å². The van der Waals surface area contributed by atoms with Gasteiger partial charge in [-0.05, 0) is 47.5 Å². The third kappa shape index (κ3) is 2.91. The lowest BCUT2D eigenvalue weighted by Gasteiger charge is -2.26. The smallest absolute Gasteiger partial charge is 0.266 e. The fourth-order valence-electron chi connectivity index (χ4n) is 3.35. The molecule has 0 aliphatic carbocycles. The normalized spacial score (nSPS) is 18.8. The Labute approximate surface area is 164 Å². The number of guanidine groups is 1. The van der Waals surface area contributed by atoms with E-state index in [4.69, 9.17) is 5.73 Å². The van der Waals surface area contributed by atoms with Crippen LogP contribution in [-0.4, -0.2) is 39.0 Å². The summed E-state index contributed by atoms with van der Waals surface area (Å²) in [6.45, 7) is -0.804. The van der Waals surface area contributed by atoms with Gasteiger partial charge < -0.3 is 5.73 Å². The molecule has 1 unspecified atom stereocenters. The van der Waals surface area contributed by atoms with Gasteiger partial charge in [-0.1, -0.05) is 6.07 Å². The van der Waals surface area contributed by atoms with E-state index < -0.39 is 23.9 Å². The van der Waals surface area contributed by atoms with Crippen molar-refractivity contribution in [1.82, 2.24) is 20.1 Å². The molecule has 4 rings (SSSR count). The van der Waals surface area contributed by atoms with E-state index in [0.29, 0.717) is 16.8 Å². The van der Waals surface area contributed by atoms with Crippen LogP contribution < -0.4 is 5.73 Å². The zero-order chi connectivity index (χ0) is 20.6. The maximum absolute atomic E-state index is 14.6. The summed E-state index contributed by atoms with van der Waals surface area (Å²) in [5.41, 5.74) is 5.71. The number of halogens is 2. The summed E-state index contributed by atoms with van der Waals surface area (Å²) < 4.78 is 27.8. The lowest BCUT2D eigenvalue weighted by molar-refractivity contribution is -0.129. The molecule has 0 fully saturated rings. The third-order valence-electron chi connectivity index (χ3n) is 4.84. The van der Waals surface area contributed by atoms with E-state index in [9.17, 15) is 13.6 Å². The number of benzene rings is 1. The summed E-state index contributed by atoms with van der Waals surface area (Å²) in [7, 11) is 1.49. The lowest BCUT2D eigenvalue weighted by Crippen LogP contribution is -2.41. The number of nitrogens with two attached hydrogens (primary N) is 1. The molecule has 2 aromatic heterocycles. The van der Waals surface area contributed by atoms with Crippen LogP contribution in [0.1, 0.15) is 16.8 Å². The molecule has 146 valence electrons. The lowest BCUT2D eigenvalue weighted by atomic mass is 9.82. The first kappa shape index (κ1) is 18.6. The Morgan fingerprint density at radius 2 is 1.93 bits per heavy atom. The molecular weight excluding hydrogens is 378 g/mol. The fraction of sp³-hybridized carbons (Fsp3) is 0.150. The van der Waals surface area contributed by atoms with E-state index in [2.05, 4.69) is 20.2 Å². The quantitative estimate of drug-likeness (QED) is 0.732. The molecule has 1 amide bonds. The molecule has 29 heavy (non-hydrogen) atoms. The highest BCUT2D eigenvalue weighted by molar-refractivity contribution is 6.09. The third-order valence-corrected chi connectivity index (χ3v) is 4.84. The Bertz CT molecular complexity index is 1120. The van der Waals surface area contributed by atoms with Crippen LogP contribution in [0.15, 0.2) is 59.9 Å². The largest absolute Gasteiger partial charge is 0.369 e. The van der Waals surface area contributed by atoms with Crippen LogP contribution in [0, 0.1) is 5.82 Å². The van der Waals surface area contributed by atoms with E-state index in [1.54, 1.807) is 18.2 Å². The molecule has 0 radical (unpaired) electrons. The van der Waals surface area contributed by atoms with E-state index in [0.717, 1.165) is 0 Å². The van der Waals surface area contributed by atoms with Crippen molar-refractivity contribution in [2.24, 2.45) is 10.7 Å². The molecular formula is C20H16F2N6O. The van der Waals surface area contributed by atoms with Crippen molar-refractivity contribution in [3.8, 4) is 11.3 Å². The number of likely N-dealkylation sites (N-methyl/N-ethyl adjacent to an activating group) is 1. The molecule has 0 saturated carbocycles. The SMILES string of the molecule is CN1C(=O)C(c2ccnc(CF)c2)(c2ccc(F)c(-c3cccnn3)c2)N=C1N. The Balaban J connectivity index is 1.98. The van der Waals surface area contributed by atoms with Crippen molar-refractivity contribution < 1.29 is 13.6 Å². The predicted molar refractivity (Wildman–Crippen MR) is 102 cm³/mol. The average molecular weight is 394 g/mol. The summed E-state index contributed by atoms with van der Waals surface area (Å²) in [6.07, 6.45) is 2.87. The number of aliphatic imine (C=N–C) groups is 1. The van der Waals surface area contributed by atoms with Gasteiger partial charge in [0.2, 0.25) is 0 Å². The van der Waals surface area contributed by atoms with Crippen molar-refractivity contribution in [1.29, 1.82) is 0 Å². The van der Waals surface area contributed by atoms with Crippen LogP contribution in [0.5, 0.6) is 0 Å². The number of hydrogen-bond donors (Lipinski definition) is 1. The van der Waals surface area contributed by atoms with Crippen LogP contribution in [0.4, 0.5) is 8.78 Å². The van der Waals surface area contributed by atoms with Crippen molar-refractivity contribution in [2.45, 2.75) is 12.2 Å². The highest BCUT2D eigenvalue weighted by Gasteiger charge is 2.50. The van der Waals surface area contributed by atoms with Crippen molar-refractivity contribution >= 4 is 11.9 Å². The van der Waals surface area contributed by atoms with Gasteiger partial charge in [-0.3, -0.25) is 14.7 Å². The van der Waals surface area contributed by atoms with Crippen LogP contribution >= 0.6 is 0 Å². The molecule has 0 saturated heterocycles. The number of amides is 1. The van der Waals surface area contributed by atoms with Gasteiger partial charge in [0.15, 0.2) is 11.5 Å². The average Bonchev–Trinajstić information content (AvgIpc) is 2.99. The van der Waals surface area contributed by atoms with Crippen LogP contribution in [0.2, 0.25) is 0 Å². The summed E-state index contributed by atoms with van der Waals surface area (Å²) in [5, 5.41) is 7.72. The van der Waals surface area contributed by atoms with Crippen molar-refractivity contribution in [3.05, 3.63) is 77.5 Å². The van der Waals surface area contributed by atoms with Crippen molar-refractivity contribution in [2.75, 3.05) is 7.05 Å². The van der Waals surface area contributed by atoms with Crippen molar-refractivity contribution in [3.63, 3.8) is 0 Å². The van der Waals surface area contributed by atoms with Gasteiger partial charge in [0.1, 0.15) is 12.5 Å². The minimum atomic E-state index is -1.59. The molecule has 1 aromatic carbocycles. The van der Waals surface area contributed by atoms with E-state index in [1.165, 1.54) is 48.6 Å². The molecule has 3 heterocycles. The second-order valence-electron chi connectivity index (χ2n) is 6.52. The zero-order valence-corrected chi connectivity index (χ0v) is 15.4. The number of alkyl halides is 1. The Morgan fingerprint density at radius 1 is 1.14 bits per heavy atom. The maximum atomic E-state index is 14.6. The maximum Gasteiger partial charge on any atom is 0.266 e. The Hall–Kier alpha value is -3.75. The van der Waals surface area contributed by atoms with Gasteiger partial charge in [0.25, 0.3) is 5.91 Å². The number of pyridine rings is 1. The van der Waals surface area contributed by atoms with Gasteiger partial charge in [0, 0.05) is 25.0 Å². The van der Waals surface area contributed by atoms with Crippen LogP contribution in [0.3, 0.4) is 0 Å². The number of nitrogens with zero attached hydrogens (tertiary/aromatic N) is 5. The number of carbonyl (C=O) groups is 1. The summed E-state index contributed by atoms with van der Waals surface area (Å²) in [6, 6.07) is 10.4. The molecule has 7 nitrogen and oxygen atoms in total. The highest BCUT2D eigenvalue weighted by Crippen LogP contribution is 2.41. The zero-order valence-electron chi connectivity index (χ0n) is 15.4. The predicted octanol–water partition coefficient (Wildman–Crippen LogP) is 2.18. The molecule has 1 atom stereocenters. The second kappa shape index (κ2) is 7.01. The number of rotatable bonds is 4.